The lowest BCUT2D eigenvalue weighted by Gasteiger charge is -2.37. The van der Waals surface area contributed by atoms with Crippen LogP contribution in [-0.4, -0.2) is 62.9 Å². The number of amides is 1. The van der Waals surface area contributed by atoms with E-state index >= 15 is 0 Å². The first-order chi connectivity index (χ1) is 11.2. The van der Waals surface area contributed by atoms with E-state index in [1.807, 2.05) is 4.90 Å². The molecule has 2 aliphatic rings. The molecule has 1 atom stereocenters. The molecule has 24 heavy (non-hydrogen) atoms. The Labute approximate surface area is 149 Å². The van der Waals surface area contributed by atoms with Gasteiger partial charge in [-0.05, 0) is 50.5 Å². The van der Waals surface area contributed by atoms with Gasteiger partial charge >= 0.3 is 0 Å². The van der Waals surface area contributed by atoms with Crippen LogP contribution in [0.2, 0.25) is 18.1 Å². The number of hydrogen-bond donors (Lipinski definition) is 0. The molecule has 0 spiro atoms. The van der Waals surface area contributed by atoms with Crippen LogP contribution in [0.1, 0.15) is 46.5 Å². The molecule has 136 valence electrons. The van der Waals surface area contributed by atoms with Gasteiger partial charge in [0.15, 0.2) is 8.32 Å². The van der Waals surface area contributed by atoms with Crippen LogP contribution < -0.4 is 0 Å². The summed E-state index contributed by atoms with van der Waals surface area (Å²) in [5, 5.41) is 0.134. The second kappa shape index (κ2) is 8.03. The smallest absolute Gasteiger partial charge is 0.251 e. The van der Waals surface area contributed by atoms with E-state index in [-0.39, 0.29) is 17.0 Å². The minimum absolute atomic E-state index is 0.132. The fourth-order valence-corrected chi connectivity index (χ4v) is 4.23. The molecular weight excluding hydrogens is 316 g/mol. The maximum atomic E-state index is 12.6. The molecule has 2 rings (SSSR count). The molecule has 4 nitrogen and oxygen atoms in total. The van der Waals surface area contributed by atoms with Crippen molar-refractivity contribution >= 4 is 14.2 Å². The first kappa shape index (κ1) is 19.5. The van der Waals surface area contributed by atoms with Crippen molar-refractivity contribution in [2.45, 2.75) is 70.7 Å². The minimum Gasteiger partial charge on any atom is -0.405 e. The topological polar surface area (TPSA) is 32.8 Å². The Kier molecular flexibility index (Phi) is 6.52. The highest BCUT2D eigenvalue weighted by molar-refractivity contribution is 6.74. The van der Waals surface area contributed by atoms with Crippen molar-refractivity contribution in [3.63, 3.8) is 0 Å². The summed E-state index contributed by atoms with van der Waals surface area (Å²) in [4.78, 5) is 16.8. The summed E-state index contributed by atoms with van der Waals surface area (Å²) in [6, 6.07) is 0. The summed E-state index contributed by atoms with van der Waals surface area (Å²) in [6.07, 6.45) is 4.48. The summed E-state index contributed by atoms with van der Waals surface area (Å²) in [6.45, 7) is 15.5. The van der Waals surface area contributed by atoms with Gasteiger partial charge in [-0.3, -0.25) is 9.69 Å². The number of carbonyl (C=O) groups is 1. The van der Waals surface area contributed by atoms with Crippen molar-refractivity contribution in [3.8, 4) is 11.8 Å². The van der Waals surface area contributed by atoms with Gasteiger partial charge in [-0.15, -0.1) is 0 Å². The lowest BCUT2D eigenvalue weighted by atomic mass is 10.1. The highest BCUT2D eigenvalue weighted by Crippen LogP contribution is 2.38. The van der Waals surface area contributed by atoms with Crippen LogP contribution >= 0.6 is 0 Å². The maximum absolute atomic E-state index is 12.6. The number of carbonyl (C=O) groups excluding carboxylic acids is 1. The summed E-state index contributed by atoms with van der Waals surface area (Å²) in [5.41, 5.74) is 0. The van der Waals surface area contributed by atoms with E-state index in [1.54, 1.807) is 0 Å². The Morgan fingerprint density at radius 1 is 1.08 bits per heavy atom. The zero-order valence-electron chi connectivity index (χ0n) is 16.2. The first-order valence-electron chi connectivity index (χ1n) is 9.35. The van der Waals surface area contributed by atoms with Crippen molar-refractivity contribution in [1.29, 1.82) is 0 Å². The highest BCUT2D eigenvalue weighted by atomic mass is 28.4. The quantitative estimate of drug-likeness (QED) is 0.577. The average Bonchev–Trinajstić information content (AvgIpc) is 2.84. The third kappa shape index (κ3) is 5.08. The predicted octanol–water partition coefficient (Wildman–Crippen LogP) is 3.10. The van der Waals surface area contributed by atoms with E-state index in [1.165, 1.54) is 32.4 Å². The van der Waals surface area contributed by atoms with Gasteiger partial charge in [0.05, 0.1) is 13.1 Å². The molecule has 0 aliphatic carbocycles. The van der Waals surface area contributed by atoms with Gasteiger partial charge in [0.25, 0.3) is 5.91 Å². The van der Waals surface area contributed by atoms with Crippen LogP contribution in [0.3, 0.4) is 0 Å². The Bertz CT molecular complexity index is 496. The van der Waals surface area contributed by atoms with Gasteiger partial charge in [0, 0.05) is 6.54 Å². The molecule has 0 radical (unpaired) electrons. The normalized spacial score (nSPS) is 23.3. The van der Waals surface area contributed by atoms with Crippen molar-refractivity contribution < 1.29 is 9.22 Å². The maximum Gasteiger partial charge on any atom is 0.251 e. The summed E-state index contributed by atoms with van der Waals surface area (Å²) in [5.74, 6) is 6.56. The summed E-state index contributed by atoms with van der Waals surface area (Å²) >= 11 is 0. The van der Waals surface area contributed by atoms with Crippen LogP contribution in [-0.2, 0) is 9.22 Å². The Morgan fingerprint density at radius 2 is 1.71 bits per heavy atom. The largest absolute Gasteiger partial charge is 0.405 e. The van der Waals surface area contributed by atoms with Crippen LogP contribution in [0, 0.1) is 11.8 Å². The second-order valence-electron chi connectivity index (χ2n) is 8.61. The molecule has 5 heteroatoms. The monoisotopic (exact) mass is 350 g/mol. The van der Waals surface area contributed by atoms with E-state index in [0.29, 0.717) is 6.54 Å². The molecule has 0 aromatic heterocycles. The Hall–Kier alpha value is -0.833. The van der Waals surface area contributed by atoms with E-state index in [4.69, 9.17) is 4.43 Å². The molecule has 0 aromatic carbocycles. The number of likely N-dealkylation sites (tertiary alicyclic amines) is 2. The van der Waals surface area contributed by atoms with E-state index in [9.17, 15) is 4.79 Å². The number of piperidine rings is 1. The number of nitrogens with zero attached hydrogens (tertiary/aromatic N) is 2. The van der Waals surface area contributed by atoms with Crippen molar-refractivity contribution in [2.75, 3.05) is 32.7 Å². The van der Waals surface area contributed by atoms with E-state index in [0.717, 1.165) is 19.5 Å². The predicted molar refractivity (Wildman–Crippen MR) is 101 cm³/mol. The minimum atomic E-state index is -1.89. The lowest BCUT2D eigenvalue weighted by molar-refractivity contribution is -0.133. The van der Waals surface area contributed by atoms with Crippen molar-refractivity contribution in [1.82, 2.24) is 9.80 Å². The average molecular weight is 351 g/mol. The molecule has 0 aromatic rings. The fourth-order valence-electron chi connectivity index (χ4n) is 2.95. The van der Waals surface area contributed by atoms with E-state index in [2.05, 4.69) is 50.6 Å². The fraction of sp³-hybridized carbons (Fsp3) is 0.842. The molecular formula is C19H34N2O2Si. The van der Waals surface area contributed by atoms with Gasteiger partial charge in [-0.1, -0.05) is 39.0 Å². The van der Waals surface area contributed by atoms with Gasteiger partial charge in [-0.25, -0.2) is 0 Å². The molecule has 0 unspecified atom stereocenters. The second-order valence-corrected chi connectivity index (χ2v) is 13.4. The van der Waals surface area contributed by atoms with E-state index < -0.39 is 8.32 Å². The Morgan fingerprint density at radius 3 is 2.33 bits per heavy atom. The zero-order chi connectivity index (χ0) is 17.8. The molecule has 2 saturated heterocycles. The molecule has 2 heterocycles. The molecule has 1 amide bonds. The zero-order valence-corrected chi connectivity index (χ0v) is 17.2. The standard InChI is InChI=1S/C19H34N2O2Si/c1-19(2,3)24(4,5)23-17-11-16-21(18(17)22)15-10-9-14-20-12-7-6-8-13-20/h17H,6-8,11-16H2,1-5H3/t17-/m0/s1. The SMILES string of the molecule is CC(C)(C)[Si](C)(C)O[C@H]1CCN(CC#CCN2CCCCC2)C1=O. The lowest BCUT2D eigenvalue weighted by Crippen LogP contribution is -2.46. The Balaban J connectivity index is 1.79. The summed E-state index contributed by atoms with van der Waals surface area (Å²) in [7, 11) is -1.89. The molecule has 0 bridgehead atoms. The van der Waals surface area contributed by atoms with Crippen LogP contribution in [0.15, 0.2) is 0 Å². The third-order valence-corrected chi connectivity index (χ3v) is 10.1. The highest BCUT2D eigenvalue weighted by Gasteiger charge is 2.43. The van der Waals surface area contributed by atoms with Gasteiger partial charge in [-0.2, -0.15) is 0 Å². The molecule has 0 saturated carbocycles. The van der Waals surface area contributed by atoms with Crippen LogP contribution in [0.4, 0.5) is 0 Å². The first-order valence-corrected chi connectivity index (χ1v) is 12.3. The van der Waals surface area contributed by atoms with Gasteiger partial charge in [0.1, 0.15) is 6.10 Å². The third-order valence-electron chi connectivity index (χ3n) is 5.64. The van der Waals surface area contributed by atoms with Gasteiger partial charge < -0.3 is 9.33 Å². The van der Waals surface area contributed by atoms with Crippen LogP contribution in [0.5, 0.6) is 0 Å². The van der Waals surface area contributed by atoms with Gasteiger partial charge in [0.2, 0.25) is 0 Å². The van der Waals surface area contributed by atoms with Crippen molar-refractivity contribution in [2.24, 2.45) is 0 Å². The van der Waals surface area contributed by atoms with Crippen LogP contribution in [0.25, 0.3) is 0 Å². The number of hydrogen-bond acceptors (Lipinski definition) is 3. The molecule has 0 N–H and O–H groups in total. The molecule has 2 aliphatic heterocycles. The molecule has 2 fully saturated rings. The summed E-state index contributed by atoms with van der Waals surface area (Å²) < 4.78 is 6.30. The van der Waals surface area contributed by atoms with Crippen molar-refractivity contribution in [3.05, 3.63) is 0 Å². The number of rotatable bonds is 4.